The molecule has 2 aromatic rings. The lowest BCUT2D eigenvalue weighted by molar-refractivity contribution is 0.569. The third-order valence-electron chi connectivity index (χ3n) is 2.50. The highest BCUT2D eigenvalue weighted by Crippen LogP contribution is 2.21. The molecule has 0 spiro atoms. The van der Waals surface area contributed by atoms with Gasteiger partial charge in [-0.2, -0.15) is 0 Å². The topological polar surface area (TPSA) is 72.2 Å². The van der Waals surface area contributed by atoms with Gasteiger partial charge in [-0.25, -0.2) is 13.1 Å². The number of sulfonamides is 1. The third kappa shape index (κ3) is 2.90. The molecular weight excluding hydrogens is 268 g/mol. The number of thiophene rings is 1. The van der Waals surface area contributed by atoms with Crippen LogP contribution in [0.3, 0.4) is 0 Å². The van der Waals surface area contributed by atoms with Gasteiger partial charge in [0.15, 0.2) is 0 Å². The Hall–Kier alpha value is -1.37. The Morgan fingerprint density at radius 2 is 2.06 bits per heavy atom. The quantitative estimate of drug-likeness (QED) is 0.846. The van der Waals surface area contributed by atoms with Crippen LogP contribution in [-0.2, 0) is 10.0 Å². The fraction of sp³-hybridized carbons (Fsp3) is 0.167. The predicted octanol–water partition coefficient (Wildman–Crippen LogP) is 2.37. The third-order valence-corrected chi connectivity index (χ3v) is 5.44. The molecular formula is C12H14N2O2S2. The summed E-state index contributed by atoms with van der Waals surface area (Å²) in [5.41, 5.74) is 7.14. The molecule has 1 heterocycles. The number of anilines is 1. The van der Waals surface area contributed by atoms with Crippen molar-refractivity contribution in [2.75, 3.05) is 5.73 Å². The molecule has 0 radical (unpaired) electrons. The van der Waals surface area contributed by atoms with Crippen LogP contribution in [0.1, 0.15) is 18.5 Å². The van der Waals surface area contributed by atoms with Crippen LogP contribution in [0.15, 0.2) is 46.0 Å². The second kappa shape index (κ2) is 5.09. The van der Waals surface area contributed by atoms with Gasteiger partial charge in [-0.15, -0.1) is 11.3 Å². The van der Waals surface area contributed by atoms with Crippen LogP contribution in [0.25, 0.3) is 0 Å². The highest BCUT2D eigenvalue weighted by molar-refractivity contribution is 7.91. The van der Waals surface area contributed by atoms with Crippen molar-refractivity contribution in [3.63, 3.8) is 0 Å². The number of nitrogens with two attached hydrogens (primary N) is 1. The molecule has 18 heavy (non-hydrogen) atoms. The van der Waals surface area contributed by atoms with Crippen molar-refractivity contribution in [1.29, 1.82) is 0 Å². The first-order valence-corrected chi connectivity index (χ1v) is 7.76. The molecule has 0 fully saturated rings. The van der Waals surface area contributed by atoms with E-state index < -0.39 is 10.0 Å². The molecule has 0 amide bonds. The fourth-order valence-electron chi connectivity index (χ4n) is 1.60. The molecule has 0 saturated heterocycles. The number of rotatable bonds is 4. The molecule has 6 heteroatoms. The molecule has 0 aliphatic rings. The minimum absolute atomic E-state index is 0.318. The van der Waals surface area contributed by atoms with E-state index in [1.807, 2.05) is 6.07 Å². The van der Waals surface area contributed by atoms with Crippen LogP contribution in [0.5, 0.6) is 0 Å². The molecule has 1 atom stereocenters. The van der Waals surface area contributed by atoms with Crippen molar-refractivity contribution >= 4 is 27.0 Å². The summed E-state index contributed by atoms with van der Waals surface area (Å²) in [6.45, 7) is 1.79. The molecule has 0 aliphatic carbocycles. The number of nitrogens with one attached hydrogen (secondary N) is 1. The molecule has 2 rings (SSSR count). The maximum atomic E-state index is 12.0. The van der Waals surface area contributed by atoms with Gasteiger partial charge in [-0.1, -0.05) is 18.2 Å². The second-order valence-corrected chi connectivity index (χ2v) is 6.83. The lowest BCUT2D eigenvalue weighted by Crippen LogP contribution is -2.26. The molecule has 1 aromatic carbocycles. The summed E-state index contributed by atoms with van der Waals surface area (Å²) in [6.07, 6.45) is 0. The smallest absolute Gasteiger partial charge is 0.250 e. The van der Waals surface area contributed by atoms with Crippen LogP contribution in [0.2, 0.25) is 0 Å². The Labute approximate surface area is 111 Å². The van der Waals surface area contributed by atoms with Crippen molar-refractivity contribution in [2.45, 2.75) is 17.2 Å². The van der Waals surface area contributed by atoms with Gasteiger partial charge in [-0.3, -0.25) is 0 Å². The highest BCUT2D eigenvalue weighted by atomic mass is 32.2. The van der Waals surface area contributed by atoms with E-state index in [0.717, 1.165) is 5.56 Å². The summed E-state index contributed by atoms with van der Waals surface area (Å²) < 4.78 is 27.0. The van der Waals surface area contributed by atoms with E-state index in [1.165, 1.54) is 11.3 Å². The number of hydrogen-bond acceptors (Lipinski definition) is 4. The highest BCUT2D eigenvalue weighted by Gasteiger charge is 2.19. The Bertz CT molecular complexity index is 621. The first kappa shape index (κ1) is 13.1. The lowest BCUT2D eigenvalue weighted by Gasteiger charge is -2.14. The van der Waals surface area contributed by atoms with Crippen molar-refractivity contribution in [1.82, 2.24) is 4.72 Å². The van der Waals surface area contributed by atoms with Gasteiger partial charge < -0.3 is 5.73 Å². The average Bonchev–Trinajstić information content (AvgIpc) is 2.82. The molecule has 0 saturated carbocycles. The van der Waals surface area contributed by atoms with Gasteiger partial charge >= 0.3 is 0 Å². The van der Waals surface area contributed by atoms with Crippen molar-refractivity contribution < 1.29 is 8.42 Å². The summed E-state index contributed by atoms with van der Waals surface area (Å²) in [4.78, 5) is 0. The Kier molecular flexibility index (Phi) is 3.70. The zero-order chi connectivity index (χ0) is 13.2. The van der Waals surface area contributed by atoms with E-state index in [-0.39, 0.29) is 6.04 Å². The van der Waals surface area contributed by atoms with E-state index in [9.17, 15) is 8.42 Å². The minimum Gasteiger partial charge on any atom is -0.399 e. The van der Waals surface area contributed by atoms with Gasteiger partial charge in [0.2, 0.25) is 0 Å². The average molecular weight is 282 g/mol. The predicted molar refractivity (Wildman–Crippen MR) is 73.9 cm³/mol. The molecule has 1 unspecified atom stereocenters. The van der Waals surface area contributed by atoms with Crippen LogP contribution in [0, 0.1) is 0 Å². The summed E-state index contributed by atoms with van der Waals surface area (Å²) in [5, 5.41) is 1.74. The summed E-state index contributed by atoms with van der Waals surface area (Å²) in [5.74, 6) is 0. The molecule has 1 aromatic heterocycles. The standard InChI is InChI=1S/C12H14N2O2S2/c1-9(10-4-2-5-11(13)8-10)14-18(15,16)12-6-3-7-17-12/h2-9,14H,13H2,1H3. The van der Waals surface area contributed by atoms with Gasteiger partial charge in [-0.05, 0) is 36.1 Å². The summed E-state index contributed by atoms with van der Waals surface area (Å²) in [6, 6.07) is 10.2. The van der Waals surface area contributed by atoms with E-state index in [0.29, 0.717) is 9.90 Å². The Balaban J connectivity index is 2.20. The SMILES string of the molecule is CC(NS(=O)(=O)c1cccs1)c1cccc(N)c1. The molecule has 4 nitrogen and oxygen atoms in total. The summed E-state index contributed by atoms with van der Waals surface area (Å²) >= 11 is 1.20. The van der Waals surface area contributed by atoms with Gasteiger partial charge in [0.05, 0.1) is 0 Å². The first-order valence-electron chi connectivity index (χ1n) is 5.40. The van der Waals surface area contributed by atoms with Crippen LogP contribution in [0.4, 0.5) is 5.69 Å². The van der Waals surface area contributed by atoms with Gasteiger partial charge in [0.1, 0.15) is 4.21 Å². The maximum absolute atomic E-state index is 12.0. The zero-order valence-electron chi connectivity index (χ0n) is 9.83. The van der Waals surface area contributed by atoms with Gasteiger partial charge in [0.25, 0.3) is 10.0 Å². The van der Waals surface area contributed by atoms with Crippen molar-refractivity contribution in [2.24, 2.45) is 0 Å². The fourth-order valence-corrected chi connectivity index (χ4v) is 3.85. The van der Waals surface area contributed by atoms with Crippen LogP contribution in [-0.4, -0.2) is 8.42 Å². The first-order chi connectivity index (χ1) is 8.49. The van der Waals surface area contributed by atoms with Crippen LogP contribution < -0.4 is 10.5 Å². The second-order valence-electron chi connectivity index (χ2n) is 3.95. The lowest BCUT2D eigenvalue weighted by atomic mass is 10.1. The van der Waals surface area contributed by atoms with Crippen molar-refractivity contribution in [3.05, 3.63) is 47.3 Å². The van der Waals surface area contributed by atoms with Crippen molar-refractivity contribution in [3.8, 4) is 0 Å². The Morgan fingerprint density at radius 3 is 2.67 bits per heavy atom. The normalized spacial score (nSPS) is 13.4. The Morgan fingerprint density at radius 1 is 1.28 bits per heavy atom. The molecule has 3 N–H and O–H groups in total. The van der Waals surface area contributed by atoms with E-state index in [2.05, 4.69) is 4.72 Å². The van der Waals surface area contributed by atoms with E-state index >= 15 is 0 Å². The molecule has 0 bridgehead atoms. The maximum Gasteiger partial charge on any atom is 0.250 e. The number of hydrogen-bond donors (Lipinski definition) is 2. The molecule has 0 aliphatic heterocycles. The minimum atomic E-state index is -3.45. The monoisotopic (exact) mass is 282 g/mol. The van der Waals surface area contributed by atoms with E-state index in [1.54, 1.807) is 42.6 Å². The van der Waals surface area contributed by atoms with Crippen LogP contribution >= 0.6 is 11.3 Å². The number of nitrogen functional groups attached to an aromatic ring is 1. The molecule has 96 valence electrons. The van der Waals surface area contributed by atoms with Gasteiger partial charge in [0, 0.05) is 11.7 Å². The number of benzene rings is 1. The van der Waals surface area contributed by atoms with E-state index in [4.69, 9.17) is 5.73 Å². The summed E-state index contributed by atoms with van der Waals surface area (Å²) in [7, 11) is -3.45. The zero-order valence-corrected chi connectivity index (χ0v) is 11.5. The largest absolute Gasteiger partial charge is 0.399 e.